The molecule has 0 bridgehead atoms. The summed E-state index contributed by atoms with van der Waals surface area (Å²) in [6, 6.07) is 5.95. The van der Waals surface area contributed by atoms with Gasteiger partial charge in [-0.25, -0.2) is 0 Å². The number of anilines is 1. The number of fused-ring (bicyclic) bond motifs is 1. The average Bonchev–Trinajstić information content (AvgIpc) is 3.07. The van der Waals surface area contributed by atoms with Crippen LogP contribution < -0.4 is 4.90 Å². The third-order valence-electron chi connectivity index (χ3n) is 3.55. The fraction of sp³-hybridized carbons (Fsp3) is 0.333. The van der Waals surface area contributed by atoms with Gasteiger partial charge in [-0.2, -0.15) is 0 Å². The first-order chi connectivity index (χ1) is 9.34. The van der Waals surface area contributed by atoms with Gasteiger partial charge in [0.05, 0.1) is 0 Å². The van der Waals surface area contributed by atoms with E-state index in [2.05, 4.69) is 9.55 Å². The molecule has 3 rings (SSSR count). The van der Waals surface area contributed by atoms with E-state index in [1.54, 1.807) is 6.20 Å². The minimum atomic E-state index is 0.220. The first kappa shape index (κ1) is 12.0. The Morgan fingerprint density at radius 3 is 3.00 bits per heavy atom. The highest BCUT2D eigenvalue weighted by Gasteiger charge is 2.23. The second-order valence-electron chi connectivity index (χ2n) is 4.82. The van der Waals surface area contributed by atoms with E-state index >= 15 is 0 Å². The van der Waals surface area contributed by atoms with E-state index < -0.39 is 0 Å². The van der Waals surface area contributed by atoms with Crippen molar-refractivity contribution in [3.05, 3.63) is 48.5 Å². The number of nitrogens with zero attached hydrogens (tertiary/aromatic N) is 3. The Balaban J connectivity index is 1.57. The van der Waals surface area contributed by atoms with E-state index in [9.17, 15) is 4.79 Å². The highest BCUT2D eigenvalue weighted by atomic mass is 16.2. The van der Waals surface area contributed by atoms with E-state index in [0.717, 1.165) is 31.6 Å². The zero-order valence-electron chi connectivity index (χ0n) is 10.8. The molecule has 0 aromatic carbocycles. The van der Waals surface area contributed by atoms with E-state index in [4.69, 9.17) is 0 Å². The van der Waals surface area contributed by atoms with Crippen LogP contribution in [0.1, 0.15) is 18.4 Å². The molecule has 2 aromatic heterocycles. The fourth-order valence-corrected chi connectivity index (χ4v) is 2.55. The van der Waals surface area contributed by atoms with E-state index in [1.165, 1.54) is 5.56 Å². The molecular weight excluding hydrogens is 238 g/mol. The summed E-state index contributed by atoms with van der Waals surface area (Å²) in [6.07, 6.45) is 10.1. The molecule has 0 aliphatic carbocycles. The van der Waals surface area contributed by atoms with Crippen molar-refractivity contribution >= 4 is 11.6 Å². The van der Waals surface area contributed by atoms with Crippen molar-refractivity contribution in [1.82, 2.24) is 9.55 Å². The van der Waals surface area contributed by atoms with E-state index in [1.807, 2.05) is 41.7 Å². The van der Waals surface area contributed by atoms with Gasteiger partial charge < -0.3 is 9.47 Å². The van der Waals surface area contributed by atoms with Crippen LogP contribution in [0.5, 0.6) is 0 Å². The first-order valence-corrected chi connectivity index (χ1v) is 6.68. The Morgan fingerprint density at radius 2 is 2.16 bits per heavy atom. The maximum absolute atomic E-state index is 12.2. The zero-order chi connectivity index (χ0) is 13.1. The number of pyridine rings is 1. The van der Waals surface area contributed by atoms with E-state index in [-0.39, 0.29) is 5.91 Å². The molecule has 1 amide bonds. The summed E-state index contributed by atoms with van der Waals surface area (Å²) < 4.78 is 2.11. The second-order valence-corrected chi connectivity index (χ2v) is 4.82. The lowest BCUT2D eigenvalue weighted by Gasteiger charge is -2.17. The van der Waals surface area contributed by atoms with Gasteiger partial charge in [-0.1, -0.05) is 0 Å². The fourth-order valence-electron chi connectivity index (χ4n) is 2.55. The van der Waals surface area contributed by atoms with Crippen molar-refractivity contribution in [2.75, 3.05) is 11.4 Å². The summed E-state index contributed by atoms with van der Waals surface area (Å²) in [5.41, 5.74) is 2.22. The highest BCUT2D eigenvalue weighted by Crippen LogP contribution is 2.27. The van der Waals surface area contributed by atoms with Crippen LogP contribution in [-0.4, -0.2) is 22.0 Å². The van der Waals surface area contributed by atoms with Crippen LogP contribution in [0.2, 0.25) is 0 Å². The smallest absolute Gasteiger partial charge is 0.227 e. The van der Waals surface area contributed by atoms with Crippen molar-refractivity contribution in [3.8, 4) is 0 Å². The molecule has 1 aliphatic heterocycles. The molecule has 3 heterocycles. The minimum Gasteiger partial charge on any atom is -0.354 e. The molecule has 0 radical (unpaired) electrons. The molecule has 0 N–H and O–H groups in total. The van der Waals surface area contributed by atoms with Gasteiger partial charge in [0.1, 0.15) is 0 Å². The molecule has 0 fully saturated rings. The standard InChI is InChI=1S/C15H17N3O/c19-15(4-3-10-17-8-1-2-9-17)18-11-6-13-12-16-7-5-14(13)18/h1-2,5,7-9,12H,3-4,6,10-11H2. The molecule has 0 saturated carbocycles. The van der Waals surface area contributed by atoms with Gasteiger partial charge in [0.2, 0.25) is 5.91 Å². The van der Waals surface area contributed by atoms with Crippen LogP contribution in [0.4, 0.5) is 5.69 Å². The third kappa shape index (κ3) is 2.52. The predicted octanol–water partition coefficient (Wildman–Crippen LogP) is 2.25. The molecule has 1 aliphatic rings. The van der Waals surface area contributed by atoms with Crippen LogP contribution in [0.25, 0.3) is 0 Å². The summed E-state index contributed by atoms with van der Waals surface area (Å²) in [4.78, 5) is 18.2. The van der Waals surface area contributed by atoms with Gasteiger partial charge in [-0.15, -0.1) is 0 Å². The lowest BCUT2D eigenvalue weighted by molar-refractivity contribution is -0.118. The molecule has 4 heteroatoms. The summed E-state index contributed by atoms with van der Waals surface area (Å²) >= 11 is 0. The molecule has 19 heavy (non-hydrogen) atoms. The Labute approximate surface area is 112 Å². The van der Waals surface area contributed by atoms with Crippen LogP contribution in [-0.2, 0) is 17.8 Å². The monoisotopic (exact) mass is 255 g/mol. The molecule has 2 aromatic rings. The molecular formula is C15H17N3O. The summed E-state index contributed by atoms with van der Waals surface area (Å²) in [5, 5.41) is 0. The van der Waals surface area contributed by atoms with Crippen molar-refractivity contribution in [1.29, 1.82) is 0 Å². The van der Waals surface area contributed by atoms with Crippen LogP contribution >= 0.6 is 0 Å². The Bertz CT molecular complexity index is 563. The summed E-state index contributed by atoms with van der Waals surface area (Å²) in [7, 11) is 0. The largest absolute Gasteiger partial charge is 0.354 e. The third-order valence-corrected chi connectivity index (χ3v) is 3.55. The lowest BCUT2D eigenvalue weighted by Crippen LogP contribution is -2.28. The summed E-state index contributed by atoms with van der Waals surface area (Å²) in [6.45, 7) is 1.69. The number of aryl methyl sites for hydroxylation is 1. The first-order valence-electron chi connectivity index (χ1n) is 6.68. The lowest BCUT2D eigenvalue weighted by atomic mass is 10.2. The van der Waals surface area contributed by atoms with Gasteiger partial charge in [0.25, 0.3) is 0 Å². The molecule has 4 nitrogen and oxygen atoms in total. The van der Waals surface area contributed by atoms with Crippen LogP contribution in [0, 0.1) is 0 Å². The van der Waals surface area contributed by atoms with Crippen molar-refractivity contribution in [2.24, 2.45) is 0 Å². The zero-order valence-corrected chi connectivity index (χ0v) is 10.8. The Hall–Kier alpha value is -2.10. The maximum Gasteiger partial charge on any atom is 0.227 e. The van der Waals surface area contributed by atoms with Crippen molar-refractivity contribution in [2.45, 2.75) is 25.8 Å². The molecule has 98 valence electrons. The SMILES string of the molecule is O=C(CCCn1cccc1)N1CCc2cnccc21. The molecule has 0 unspecified atom stereocenters. The second kappa shape index (κ2) is 5.26. The molecule has 0 atom stereocenters. The predicted molar refractivity (Wildman–Crippen MR) is 74.0 cm³/mol. The van der Waals surface area contributed by atoms with Crippen molar-refractivity contribution in [3.63, 3.8) is 0 Å². The average molecular weight is 255 g/mol. The molecule has 0 saturated heterocycles. The molecule has 0 spiro atoms. The van der Waals surface area contributed by atoms with Crippen LogP contribution in [0.15, 0.2) is 43.0 Å². The number of aromatic nitrogens is 2. The van der Waals surface area contributed by atoms with Gasteiger partial charge in [-0.3, -0.25) is 9.78 Å². The highest BCUT2D eigenvalue weighted by molar-refractivity contribution is 5.95. The number of carbonyl (C=O) groups excluding carboxylic acids is 1. The van der Waals surface area contributed by atoms with E-state index in [0.29, 0.717) is 6.42 Å². The normalized spacial score (nSPS) is 13.6. The van der Waals surface area contributed by atoms with Gasteiger partial charge >= 0.3 is 0 Å². The number of amides is 1. The number of hydrogen-bond donors (Lipinski definition) is 0. The van der Waals surface area contributed by atoms with Gasteiger partial charge in [0, 0.05) is 50.0 Å². The Morgan fingerprint density at radius 1 is 1.32 bits per heavy atom. The number of hydrogen-bond acceptors (Lipinski definition) is 2. The quantitative estimate of drug-likeness (QED) is 0.840. The number of carbonyl (C=O) groups is 1. The minimum absolute atomic E-state index is 0.220. The number of rotatable bonds is 4. The van der Waals surface area contributed by atoms with Gasteiger partial charge in [-0.05, 0) is 36.6 Å². The topological polar surface area (TPSA) is 38.1 Å². The summed E-state index contributed by atoms with van der Waals surface area (Å²) in [5.74, 6) is 0.220. The Kier molecular flexibility index (Phi) is 3.31. The van der Waals surface area contributed by atoms with Crippen molar-refractivity contribution < 1.29 is 4.79 Å². The maximum atomic E-state index is 12.2. The van der Waals surface area contributed by atoms with Crippen LogP contribution in [0.3, 0.4) is 0 Å². The van der Waals surface area contributed by atoms with Gasteiger partial charge in [0.15, 0.2) is 0 Å².